The fourth-order valence-corrected chi connectivity index (χ4v) is 4.80. The molecule has 5 rings (SSSR count). The number of halogens is 1. The minimum absolute atomic E-state index is 0.0460. The van der Waals surface area contributed by atoms with Gasteiger partial charge >= 0.3 is 0 Å². The molecule has 168 valence electrons. The van der Waals surface area contributed by atoms with E-state index in [1.54, 1.807) is 6.07 Å². The topological polar surface area (TPSA) is 66.4 Å². The molecular weight excluding hydrogens is 407 g/mol. The third-order valence-corrected chi connectivity index (χ3v) is 6.65. The van der Waals surface area contributed by atoms with Crippen LogP contribution in [0.25, 0.3) is 10.8 Å². The molecule has 2 atom stereocenters. The zero-order chi connectivity index (χ0) is 22.2. The summed E-state index contributed by atoms with van der Waals surface area (Å²) in [6.45, 7) is 11.4. The number of hydrogen-bond acceptors (Lipinski definition) is 7. The Morgan fingerprint density at radius 2 is 2.00 bits per heavy atom. The average Bonchev–Trinajstić information content (AvgIpc) is 2.80. The van der Waals surface area contributed by atoms with Gasteiger partial charge in [-0.25, -0.2) is 9.37 Å². The molecule has 3 aromatic rings. The lowest BCUT2D eigenvalue weighted by Crippen LogP contribution is -2.58. The van der Waals surface area contributed by atoms with E-state index >= 15 is 0 Å². The summed E-state index contributed by atoms with van der Waals surface area (Å²) in [5.41, 5.74) is 2.79. The molecule has 8 heteroatoms. The summed E-state index contributed by atoms with van der Waals surface area (Å²) in [5, 5.41) is 14.3. The lowest BCUT2D eigenvalue weighted by molar-refractivity contribution is -0.0117. The average molecular weight is 437 g/mol. The van der Waals surface area contributed by atoms with Crippen molar-refractivity contribution in [2.45, 2.75) is 32.9 Å². The summed E-state index contributed by atoms with van der Waals surface area (Å²) in [4.78, 5) is 9.61. The van der Waals surface area contributed by atoms with E-state index in [9.17, 15) is 4.39 Å². The van der Waals surface area contributed by atoms with Gasteiger partial charge in [0.15, 0.2) is 5.82 Å². The maximum atomic E-state index is 13.6. The van der Waals surface area contributed by atoms with Gasteiger partial charge in [0.2, 0.25) is 0 Å². The molecule has 0 aliphatic carbocycles. The number of aromatic nitrogens is 3. The smallest absolute Gasteiger partial charge is 0.157 e. The Kier molecular flexibility index (Phi) is 5.65. The Morgan fingerprint density at radius 3 is 2.84 bits per heavy atom. The van der Waals surface area contributed by atoms with Gasteiger partial charge in [0, 0.05) is 43.1 Å². The molecule has 0 amide bonds. The number of aryl methyl sites for hydroxylation is 2. The van der Waals surface area contributed by atoms with E-state index in [0.29, 0.717) is 11.9 Å². The van der Waals surface area contributed by atoms with Gasteiger partial charge in [-0.05, 0) is 50.1 Å². The first-order chi connectivity index (χ1) is 15.5. The highest BCUT2D eigenvalue weighted by Crippen LogP contribution is 2.30. The Morgan fingerprint density at radius 1 is 1.12 bits per heavy atom. The van der Waals surface area contributed by atoms with E-state index in [0.717, 1.165) is 72.8 Å². The number of ether oxygens (including phenoxy) is 1. The van der Waals surface area contributed by atoms with Crippen molar-refractivity contribution in [1.82, 2.24) is 20.1 Å². The van der Waals surface area contributed by atoms with Crippen molar-refractivity contribution in [1.29, 1.82) is 0 Å². The fraction of sp³-hybridized carbons (Fsp3) is 0.458. The minimum Gasteiger partial charge on any atom is -0.378 e. The summed E-state index contributed by atoms with van der Waals surface area (Å²) in [7, 11) is 0. The standard InChI is InChI=1S/C24H29FN6O/c1-15-10-18(25)4-5-20(15)16(2)27-24-21-11-23(26-12-22(21)17(3)28-29-24)31-7-6-30-8-9-32-14-19(30)13-31/h4-5,10-12,16,19H,6-9,13-14H2,1-3H3,(H,27,29)/t16-,19+/m1/s1. The van der Waals surface area contributed by atoms with Crippen LogP contribution >= 0.6 is 0 Å². The number of piperazine rings is 1. The zero-order valence-corrected chi connectivity index (χ0v) is 18.8. The number of fused-ring (bicyclic) bond motifs is 2. The van der Waals surface area contributed by atoms with Crippen LogP contribution in [-0.2, 0) is 4.74 Å². The summed E-state index contributed by atoms with van der Waals surface area (Å²) in [6.07, 6.45) is 1.90. The second-order valence-corrected chi connectivity index (χ2v) is 8.80. The van der Waals surface area contributed by atoms with E-state index in [1.165, 1.54) is 6.07 Å². The molecule has 2 aromatic heterocycles. The summed E-state index contributed by atoms with van der Waals surface area (Å²) in [5.74, 6) is 1.44. The quantitative estimate of drug-likeness (QED) is 0.672. The van der Waals surface area contributed by atoms with Crippen molar-refractivity contribution in [3.63, 3.8) is 0 Å². The molecule has 32 heavy (non-hydrogen) atoms. The van der Waals surface area contributed by atoms with Gasteiger partial charge in [-0.2, -0.15) is 5.10 Å². The lowest BCUT2D eigenvalue weighted by atomic mass is 10.0. The van der Waals surface area contributed by atoms with Crippen LogP contribution in [0.5, 0.6) is 0 Å². The zero-order valence-electron chi connectivity index (χ0n) is 18.8. The SMILES string of the molecule is Cc1cc(F)ccc1[C@@H](C)Nc1nnc(C)c2cnc(N3CCN4CCOC[C@@H]4C3)cc12. The van der Waals surface area contributed by atoms with Crippen LogP contribution in [-0.4, -0.2) is 65.5 Å². The molecule has 2 aliphatic heterocycles. The van der Waals surface area contributed by atoms with Crippen molar-refractivity contribution in [3.8, 4) is 0 Å². The van der Waals surface area contributed by atoms with Crippen molar-refractivity contribution in [2.75, 3.05) is 49.6 Å². The van der Waals surface area contributed by atoms with E-state index < -0.39 is 0 Å². The number of anilines is 2. The van der Waals surface area contributed by atoms with Crippen LogP contribution < -0.4 is 10.2 Å². The van der Waals surface area contributed by atoms with Crippen LogP contribution in [0.4, 0.5) is 16.0 Å². The van der Waals surface area contributed by atoms with Crippen LogP contribution in [0.2, 0.25) is 0 Å². The Balaban J connectivity index is 1.45. The van der Waals surface area contributed by atoms with Crippen LogP contribution in [0.1, 0.15) is 29.8 Å². The van der Waals surface area contributed by atoms with Gasteiger partial charge in [-0.1, -0.05) is 6.07 Å². The molecule has 0 radical (unpaired) electrons. The van der Waals surface area contributed by atoms with Crippen molar-refractivity contribution in [3.05, 3.63) is 53.1 Å². The first kappa shape index (κ1) is 21.0. The number of pyridine rings is 1. The Labute approximate surface area is 187 Å². The Hall–Kier alpha value is -2.84. The highest BCUT2D eigenvalue weighted by atomic mass is 19.1. The van der Waals surface area contributed by atoms with Gasteiger partial charge in [0.25, 0.3) is 0 Å². The second kappa shape index (κ2) is 8.60. The maximum absolute atomic E-state index is 13.6. The predicted octanol–water partition coefficient (Wildman–Crippen LogP) is 3.47. The highest BCUT2D eigenvalue weighted by Gasteiger charge is 2.30. The fourth-order valence-electron chi connectivity index (χ4n) is 4.80. The van der Waals surface area contributed by atoms with Crippen molar-refractivity contribution < 1.29 is 9.13 Å². The lowest BCUT2D eigenvalue weighted by Gasteiger charge is -2.44. The number of rotatable bonds is 4. The number of hydrogen-bond donors (Lipinski definition) is 1. The van der Waals surface area contributed by atoms with Crippen molar-refractivity contribution in [2.24, 2.45) is 0 Å². The molecule has 1 aromatic carbocycles. The predicted molar refractivity (Wildman–Crippen MR) is 124 cm³/mol. The largest absolute Gasteiger partial charge is 0.378 e. The molecule has 0 bridgehead atoms. The van der Waals surface area contributed by atoms with Crippen LogP contribution in [0, 0.1) is 19.7 Å². The molecule has 1 N–H and O–H groups in total. The number of nitrogens with zero attached hydrogens (tertiary/aromatic N) is 5. The molecule has 4 heterocycles. The van der Waals surface area contributed by atoms with E-state index in [4.69, 9.17) is 9.72 Å². The molecule has 0 saturated carbocycles. The Bertz CT molecular complexity index is 1140. The van der Waals surface area contributed by atoms with E-state index in [2.05, 4.69) is 38.3 Å². The summed E-state index contributed by atoms with van der Waals surface area (Å²) in [6, 6.07) is 7.36. The minimum atomic E-state index is -0.224. The number of nitrogens with one attached hydrogen (secondary N) is 1. The summed E-state index contributed by atoms with van der Waals surface area (Å²) >= 11 is 0. The first-order valence-corrected chi connectivity index (χ1v) is 11.2. The number of benzene rings is 1. The molecule has 2 aliphatic rings. The maximum Gasteiger partial charge on any atom is 0.157 e. The van der Waals surface area contributed by atoms with Crippen LogP contribution in [0.3, 0.4) is 0 Å². The molecule has 2 saturated heterocycles. The van der Waals surface area contributed by atoms with Crippen molar-refractivity contribution >= 4 is 22.4 Å². The van der Waals surface area contributed by atoms with E-state index in [-0.39, 0.29) is 11.9 Å². The summed E-state index contributed by atoms with van der Waals surface area (Å²) < 4.78 is 19.2. The molecule has 7 nitrogen and oxygen atoms in total. The van der Waals surface area contributed by atoms with Gasteiger partial charge in [0.1, 0.15) is 11.6 Å². The van der Waals surface area contributed by atoms with Gasteiger partial charge < -0.3 is 15.0 Å². The third-order valence-electron chi connectivity index (χ3n) is 6.65. The molecule has 0 unspecified atom stereocenters. The third kappa shape index (κ3) is 4.00. The monoisotopic (exact) mass is 436 g/mol. The van der Waals surface area contributed by atoms with Gasteiger partial charge in [0.05, 0.1) is 31.0 Å². The normalized spacial score (nSPS) is 20.2. The molecule has 0 spiro atoms. The molecule has 2 fully saturated rings. The van der Waals surface area contributed by atoms with E-state index in [1.807, 2.05) is 26.1 Å². The van der Waals surface area contributed by atoms with Gasteiger partial charge in [-0.3, -0.25) is 4.90 Å². The second-order valence-electron chi connectivity index (χ2n) is 8.80. The van der Waals surface area contributed by atoms with Gasteiger partial charge in [-0.15, -0.1) is 5.10 Å². The van der Waals surface area contributed by atoms with Crippen LogP contribution in [0.15, 0.2) is 30.5 Å². The molecular formula is C24H29FN6O. The first-order valence-electron chi connectivity index (χ1n) is 11.2. The highest BCUT2D eigenvalue weighted by molar-refractivity contribution is 5.94. The number of morpholine rings is 1.